The topological polar surface area (TPSA) is 29.4 Å². The molecule has 1 heterocycles. The fourth-order valence-corrected chi connectivity index (χ4v) is 2.42. The van der Waals surface area contributed by atoms with E-state index in [1.807, 2.05) is 0 Å². The van der Waals surface area contributed by atoms with E-state index in [0.717, 1.165) is 6.07 Å². The van der Waals surface area contributed by atoms with Gasteiger partial charge >= 0.3 is 6.18 Å². The number of nitrogens with zero attached hydrogens (tertiary/aromatic N) is 1. The van der Waals surface area contributed by atoms with Gasteiger partial charge in [-0.15, -0.1) is 11.3 Å². The molecule has 0 spiro atoms. The Kier molecular flexibility index (Phi) is 2.20. The van der Waals surface area contributed by atoms with Gasteiger partial charge in [0, 0.05) is 4.88 Å². The highest BCUT2D eigenvalue weighted by Crippen LogP contribution is 2.52. The second kappa shape index (κ2) is 3.18. The van der Waals surface area contributed by atoms with Crippen molar-refractivity contribution < 1.29 is 18.0 Å². The SMILES string of the molecule is O=C=NC1(c2ccc(C(F)(F)F)s2)CC1. The van der Waals surface area contributed by atoms with Gasteiger partial charge in [0.05, 0.1) is 0 Å². The van der Waals surface area contributed by atoms with Crippen LogP contribution in [0.3, 0.4) is 0 Å². The Morgan fingerprint density at radius 1 is 1.40 bits per heavy atom. The standard InChI is InChI=1S/C9H6F3NOS/c10-9(11,12)7-2-1-6(15-7)8(3-4-8)13-5-14/h1-2H,3-4H2. The quantitative estimate of drug-likeness (QED) is 0.570. The second-order valence-corrected chi connectivity index (χ2v) is 4.48. The van der Waals surface area contributed by atoms with Crippen molar-refractivity contribution in [1.82, 2.24) is 0 Å². The van der Waals surface area contributed by atoms with E-state index in [1.54, 1.807) is 0 Å². The third-order valence-corrected chi connectivity index (χ3v) is 3.65. The van der Waals surface area contributed by atoms with Gasteiger partial charge in [0.1, 0.15) is 10.4 Å². The molecule has 1 aromatic rings. The van der Waals surface area contributed by atoms with E-state index >= 15 is 0 Å². The molecule has 1 saturated carbocycles. The molecule has 0 unspecified atom stereocenters. The van der Waals surface area contributed by atoms with E-state index in [0.29, 0.717) is 29.1 Å². The molecule has 0 bridgehead atoms. The highest BCUT2D eigenvalue weighted by molar-refractivity contribution is 7.12. The number of thiophene rings is 1. The number of alkyl halides is 3. The number of hydrogen-bond acceptors (Lipinski definition) is 3. The number of aliphatic imine (C=N–C) groups is 1. The molecular formula is C9H6F3NOS. The van der Waals surface area contributed by atoms with Crippen molar-refractivity contribution >= 4 is 17.4 Å². The lowest BCUT2D eigenvalue weighted by molar-refractivity contribution is -0.134. The maximum Gasteiger partial charge on any atom is 0.425 e. The van der Waals surface area contributed by atoms with E-state index in [2.05, 4.69) is 4.99 Å². The van der Waals surface area contributed by atoms with Crippen LogP contribution in [0.25, 0.3) is 0 Å². The maximum atomic E-state index is 12.3. The first-order valence-corrected chi connectivity index (χ1v) is 5.06. The zero-order chi connectivity index (χ0) is 11.1. The Morgan fingerprint density at radius 3 is 2.47 bits per heavy atom. The summed E-state index contributed by atoms with van der Waals surface area (Å²) in [4.78, 5) is 13.5. The van der Waals surface area contributed by atoms with E-state index in [1.165, 1.54) is 12.1 Å². The van der Waals surface area contributed by atoms with Crippen molar-refractivity contribution in [3.63, 3.8) is 0 Å². The van der Waals surface area contributed by atoms with Gasteiger partial charge in [-0.2, -0.15) is 18.2 Å². The average molecular weight is 233 g/mol. The van der Waals surface area contributed by atoms with Crippen LogP contribution in [0.1, 0.15) is 22.6 Å². The molecular weight excluding hydrogens is 227 g/mol. The van der Waals surface area contributed by atoms with Crippen LogP contribution in [-0.4, -0.2) is 6.08 Å². The van der Waals surface area contributed by atoms with Crippen LogP contribution < -0.4 is 0 Å². The molecule has 0 radical (unpaired) electrons. The molecule has 0 saturated heterocycles. The zero-order valence-corrected chi connectivity index (χ0v) is 8.28. The monoisotopic (exact) mass is 233 g/mol. The van der Waals surface area contributed by atoms with Gasteiger partial charge in [0.25, 0.3) is 0 Å². The van der Waals surface area contributed by atoms with Crippen LogP contribution in [0.15, 0.2) is 17.1 Å². The summed E-state index contributed by atoms with van der Waals surface area (Å²) in [6, 6.07) is 2.42. The summed E-state index contributed by atoms with van der Waals surface area (Å²) in [5.41, 5.74) is -0.698. The van der Waals surface area contributed by atoms with Crippen molar-refractivity contribution in [1.29, 1.82) is 0 Å². The molecule has 2 nitrogen and oxygen atoms in total. The molecule has 0 amide bonds. The van der Waals surface area contributed by atoms with Crippen molar-refractivity contribution in [2.45, 2.75) is 24.6 Å². The van der Waals surface area contributed by atoms with Crippen LogP contribution in [-0.2, 0) is 16.5 Å². The Labute approximate surface area is 87.4 Å². The maximum absolute atomic E-state index is 12.3. The second-order valence-electron chi connectivity index (χ2n) is 3.40. The fourth-order valence-electron chi connectivity index (χ4n) is 1.36. The summed E-state index contributed by atoms with van der Waals surface area (Å²) in [5.74, 6) is 0. The molecule has 0 atom stereocenters. The molecule has 0 N–H and O–H groups in total. The van der Waals surface area contributed by atoms with Crippen molar-refractivity contribution in [2.75, 3.05) is 0 Å². The van der Waals surface area contributed by atoms with Crippen molar-refractivity contribution in [3.8, 4) is 0 Å². The molecule has 0 aromatic carbocycles. The Balaban J connectivity index is 2.32. The first kappa shape index (κ1) is 10.4. The van der Waals surface area contributed by atoms with Gasteiger partial charge < -0.3 is 0 Å². The largest absolute Gasteiger partial charge is 0.425 e. The van der Waals surface area contributed by atoms with Crippen LogP contribution in [0, 0.1) is 0 Å². The van der Waals surface area contributed by atoms with Gasteiger partial charge in [-0.3, -0.25) is 0 Å². The highest BCUT2D eigenvalue weighted by atomic mass is 32.1. The molecule has 80 valence electrons. The van der Waals surface area contributed by atoms with Gasteiger partial charge in [-0.1, -0.05) is 0 Å². The highest BCUT2D eigenvalue weighted by Gasteiger charge is 2.47. The van der Waals surface area contributed by atoms with E-state index in [9.17, 15) is 18.0 Å². The number of halogens is 3. The van der Waals surface area contributed by atoms with E-state index < -0.39 is 16.6 Å². The lowest BCUT2D eigenvalue weighted by Crippen LogP contribution is -2.01. The molecule has 15 heavy (non-hydrogen) atoms. The summed E-state index contributed by atoms with van der Waals surface area (Å²) in [6.07, 6.45) is -1.65. The predicted molar refractivity (Wildman–Crippen MR) is 48.4 cm³/mol. The minimum Gasteiger partial charge on any atom is -0.211 e. The fraction of sp³-hybridized carbons (Fsp3) is 0.444. The Morgan fingerprint density at radius 2 is 2.07 bits per heavy atom. The van der Waals surface area contributed by atoms with Gasteiger partial charge in [0.15, 0.2) is 0 Å². The van der Waals surface area contributed by atoms with Crippen LogP contribution in [0.5, 0.6) is 0 Å². The van der Waals surface area contributed by atoms with Crippen LogP contribution >= 0.6 is 11.3 Å². The van der Waals surface area contributed by atoms with Crippen LogP contribution in [0.4, 0.5) is 13.2 Å². The summed E-state index contributed by atoms with van der Waals surface area (Å²) in [6.45, 7) is 0. The number of hydrogen-bond donors (Lipinski definition) is 0. The summed E-state index contributed by atoms with van der Waals surface area (Å²) < 4.78 is 36.9. The molecule has 2 rings (SSSR count). The molecule has 1 aromatic heterocycles. The molecule has 1 aliphatic rings. The normalized spacial score (nSPS) is 18.3. The van der Waals surface area contributed by atoms with Crippen molar-refractivity contribution in [3.05, 3.63) is 21.9 Å². The number of rotatable bonds is 2. The smallest absolute Gasteiger partial charge is 0.211 e. The molecule has 1 fully saturated rings. The first-order chi connectivity index (χ1) is 6.98. The lowest BCUT2D eigenvalue weighted by Gasteiger charge is -2.04. The molecule has 6 heteroatoms. The molecule has 0 aliphatic heterocycles. The Bertz CT molecular complexity index is 427. The predicted octanol–water partition coefficient (Wildman–Crippen LogP) is 3.09. The summed E-state index contributed by atoms with van der Waals surface area (Å²) in [5, 5.41) is 0. The number of carbonyl (C=O) groups excluding carboxylic acids is 1. The van der Waals surface area contributed by atoms with Gasteiger partial charge in [-0.05, 0) is 25.0 Å². The van der Waals surface area contributed by atoms with E-state index in [-0.39, 0.29) is 0 Å². The Hall–Kier alpha value is -1.13. The zero-order valence-electron chi connectivity index (χ0n) is 7.47. The first-order valence-electron chi connectivity index (χ1n) is 4.24. The molecule has 1 aliphatic carbocycles. The van der Waals surface area contributed by atoms with Gasteiger partial charge in [-0.25, -0.2) is 4.79 Å². The average Bonchev–Trinajstić information content (AvgIpc) is 2.75. The van der Waals surface area contributed by atoms with E-state index in [4.69, 9.17) is 0 Å². The van der Waals surface area contributed by atoms with Crippen LogP contribution in [0.2, 0.25) is 0 Å². The van der Waals surface area contributed by atoms with Crippen molar-refractivity contribution in [2.24, 2.45) is 4.99 Å². The number of isocyanates is 1. The third kappa shape index (κ3) is 1.82. The lowest BCUT2D eigenvalue weighted by atomic mass is 10.2. The minimum absolute atomic E-state index is 0.498. The third-order valence-electron chi connectivity index (χ3n) is 2.33. The minimum atomic E-state index is -4.32. The summed E-state index contributed by atoms with van der Waals surface area (Å²) >= 11 is 0.652. The van der Waals surface area contributed by atoms with Gasteiger partial charge in [0.2, 0.25) is 6.08 Å². The summed E-state index contributed by atoms with van der Waals surface area (Å²) in [7, 11) is 0.